The Hall–Kier alpha value is -2.67. The summed E-state index contributed by atoms with van der Waals surface area (Å²) in [6.45, 7) is -1.85. The minimum Gasteiger partial charge on any atom is -0.394 e. The molecule has 3 atom stereocenters. The summed E-state index contributed by atoms with van der Waals surface area (Å²) < 4.78 is 0. The van der Waals surface area contributed by atoms with E-state index in [9.17, 15) is 40.3 Å². The third kappa shape index (κ3) is 4.20. The van der Waals surface area contributed by atoms with Crippen LogP contribution in [0.5, 0.6) is 0 Å². The number of hydrogen-bond acceptors (Lipinski definition) is 10. The molecule has 5 N–H and O–H groups in total. The standard InChI is InChI=1S/C12H15N3O9/c16-4-7(11(19)12(20)9(18)5-17)13-6-2-1-3-8(14(21)22)10(6)15(23)24/h1-3,7,9,12-13,16-18,20H,4-5H2/t7-,9+,12-/m0/s1. The molecule has 132 valence electrons. The molecule has 0 spiro atoms. The van der Waals surface area contributed by atoms with Gasteiger partial charge < -0.3 is 25.7 Å². The Morgan fingerprint density at radius 2 is 1.75 bits per heavy atom. The van der Waals surface area contributed by atoms with E-state index < -0.39 is 64.2 Å². The number of nitrogens with one attached hydrogen (secondary N) is 1. The van der Waals surface area contributed by atoms with Crippen molar-refractivity contribution in [3.05, 3.63) is 38.4 Å². The van der Waals surface area contributed by atoms with Crippen LogP contribution in [0.1, 0.15) is 0 Å². The summed E-state index contributed by atoms with van der Waals surface area (Å²) in [4.78, 5) is 31.8. The normalized spacial score (nSPS) is 14.5. The summed E-state index contributed by atoms with van der Waals surface area (Å²) in [5.41, 5.74) is -2.18. The molecular formula is C12H15N3O9. The Morgan fingerprint density at radius 1 is 1.12 bits per heavy atom. The Kier molecular flexibility index (Phi) is 6.67. The zero-order valence-electron chi connectivity index (χ0n) is 12.1. The number of nitro benzene ring substituents is 2. The number of anilines is 1. The molecule has 12 nitrogen and oxygen atoms in total. The van der Waals surface area contributed by atoms with Crippen molar-refractivity contribution in [1.29, 1.82) is 0 Å². The highest BCUT2D eigenvalue weighted by molar-refractivity contribution is 5.92. The van der Waals surface area contributed by atoms with Crippen molar-refractivity contribution in [1.82, 2.24) is 0 Å². The molecule has 0 heterocycles. The quantitative estimate of drug-likeness (QED) is 0.261. The van der Waals surface area contributed by atoms with E-state index in [1.807, 2.05) is 0 Å². The van der Waals surface area contributed by atoms with E-state index in [-0.39, 0.29) is 0 Å². The van der Waals surface area contributed by atoms with Crippen molar-refractivity contribution in [3.63, 3.8) is 0 Å². The van der Waals surface area contributed by atoms with Gasteiger partial charge >= 0.3 is 11.4 Å². The van der Waals surface area contributed by atoms with Gasteiger partial charge in [-0.2, -0.15) is 0 Å². The number of hydrogen-bond donors (Lipinski definition) is 5. The van der Waals surface area contributed by atoms with Gasteiger partial charge in [-0.1, -0.05) is 6.07 Å². The fourth-order valence-electron chi connectivity index (χ4n) is 1.88. The highest BCUT2D eigenvalue weighted by Gasteiger charge is 2.34. The number of aliphatic hydroxyl groups excluding tert-OH is 4. The number of carbonyl (C=O) groups is 1. The fraction of sp³-hybridized carbons (Fsp3) is 0.417. The third-order valence-corrected chi connectivity index (χ3v) is 3.09. The largest absolute Gasteiger partial charge is 0.394 e. The first-order valence-electron chi connectivity index (χ1n) is 6.54. The fourth-order valence-corrected chi connectivity index (χ4v) is 1.88. The molecule has 0 fully saturated rings. The predicted molar refractivity (Wildman–Crippen MR) is 78.4 cm³/mol. The van der Waals surface area contributed by atoms with Gasteiger partial charge in [-0.25, -0.2) is 0 Å². The van der Waals surface area contributed by atoms with Crippen LogP contribution in [0.25, 0.3) is 0 Å². The number of para-hydroxylation sites is 1. The number of carbonyl (C=O) groups excluding carboxylic acids is 1. The van der Waals surface area contributed by atoms with E-state index in [4.69, 9.17) is 5.11 Å². The lowest BCUT2D eigenvalue weighted by atomic mass is 10.0. The Bertz CT molecular complexity index is 636. The molecule has 1 rings (SSSR count). The van der Waals surface area contributed by atoms with Crippen molar-refractivity contribution < 1.29 is 35.1 Å². The topological polar surface area (TPSA) is 196 Å². The SMILES string of the molecule is O=C([C@H](CO)Nc1cccc([N+](=O)[O-])c1[N+](=O)[O-])[C@@H](O)[C@H](O)CO. The zero-order chi connectivity index (χ0) is 18.4. The summed E-state index contributed by atoms with van der Waals surface area (Å²) in [7, 11) is 0. The van der Waals surface area contributed by atoms with E-state index in [0.29, 0.717) is 0 Å². The molecule has 0 aromatic heterocycles. The van der Waals surface area contributed by atoms with Gasteiger partial charge in [-0.15, -0.1) is 0 Å². The second-order valence-electron chi connectivity index (χ2n) is 4.66. The van der Waals surface area contributed by atoms with Crippen molar-refractivity contribution in [2.24, 2.45) is 0 Å². The molecule has 1 aromatic carbocycles. The van der Waals surface area contributed by atoms with Gasteiger partial charge in [-0.05, 0) is 6.07 Å². The van der Waals surface area contributed by atoms with Gasteiger partial charge in [0.25, 0.3) is 0 Å². The maximum Gasteiger partial charge on any atom is 0.368 e. The van der Waals surface area contributed by atoms with Gasteiger partial charge in [0.1, 0.15) is 23.9 Å². The first kappa shape index (κ1) is 19.4. The van der Waals surface area contributed by atoms with Crippen molar-refractivity contribution in [2.75, 3.05) is 18.5 Å². The van der Waals surface area contributed by atoms with Gasteiger partial charge in [0.05, 0.1) is 23.1 Å². The summed E-state index contributed by atoms with van der Waals surface area (Å²) in [6, 6.07) is 1.51. The van der Waals surface area contributed by atoms with Crippen LogP contribution >= 0.6 is 0 Å². The number of nitro groups is 2. The first-order chi connectivity index (χ1) is 11.2. The van der Waals surface area contributed by atoms with Crippen molar-refractivity contribution in [2.45, 2.75) is 18.2 Å². The highest BCUT2D eigenvalue weighted by atomic mass is 16.6. The molecule has 0 aliphatic heterocycles. The molecule has 0 saturated carbocycles. The Labute approximate surface area is 134 Å². The van der Waals surface area contributed by atoms with Crippen LogP contribution < -0.4 is 5.32 Å². The Balaban J connectivity index is 3.18. The maximum absolute atomic E-state index is 11.9. The minimum atomic E-state index is -2.06. The number of nitrogens with zero attached hydrogens (tertiary/aromatic N) is 2. The monoisotopic (exact) mass is 345 g/mol. The molecular weight excluding hydrogens is 330 g/mol. The van der Waals surface area contributed by atoms with E-state index in [0.717, 1.165) is 18.2 Å². The second-order valence-corrected chi connectivity index (χ2v) is 4.66. The lowest BCUT2D eigenvalue weighted by molar-refractivity contribution is -0.421. The summed E-state index contributed by atoms with van der Waals surface area (Å²) in [5.74, 6) is -1.15. The van der Waals surface area contributed by atoms with Gasteiger partial charge in [0, 0.05) is 6.07 Å². The zero-order valence-corrected chi connectivity index (χ0v) is 12.1. The van der Waals surface area contributed by atoms with Crippen molar-refractivity contribution >= 4 is 22.8 Å². The van der Waals surface area contributed by atoms with Crippen LogP contribution in [-0.2, 0) is 4.79 Å². The molecule has 1 aromatic rings. The minimum absolute atomic E-state index is 0.424. The van der Waals surface area contributed by atoms with E-state index in [1.54, 1.807) is 0 Å². The van der Waals surface area contributed by atoms with Crippen LogP contribution in [0.4, 0.5) is 17.1 Å². The van der Waals surface area contributed by atoms with Crippen LogP contribution in [0.15, 0.2) is 18.2 Å². The summed E-state index contributed by atoms with van der Waals surface area (Å²) in [5, 5.41) is 60.9. The van der Waals surface area contributed by atoms with E-state index >= 15 is 0 Å². The lowest BCUT2D eigenvalue weighted by Crippen LogP contribution is -2.46. The molecule has 0 aliphatic rings. The molecule has 0 bridgehead atoms. The maximum atomic E-state index is 11.9. The predicted octanol–water partition coefficient (Wildman–Crippen LogP) is -1.44. The molecule has 0 aliphatic carbocycles. The van der Waals surface area contributed by atoms with Crippen LogP contribution in [0.2, 0.25) is 0 Å². The average molecular weight is 345 g/mol. The van der Waals surface area contributed by atoms with Gasteiger partial charge in [0.15, 0.2) is 5.78 Å². The van der Waals surface area contributed by atoms with Crippen molar-refractivity contribution in [3.8, 4) is 0 Å². The van der Waals surface area contributed by atoms with Crippen LogP contribution in [0.3, 0.4) is 0 Å². The molecule has 0 saturated heterocycles. The lowest BCUT2D eigenvalue weighted by Gasteiger charge is -2.21. The number of benzene rings is 1. The number of aliphatic hydroxyl groups is 4. The third-order valence-electron chi connectivity index (χ3n) is 3.09. The molecule has 12 heteroatoms. The first-order valence-corrected chi connectivity index (χ1v) is 6.54. The average Bonchev–Trinajstić information content (AvgIpc) is 2.56. The molecule has 0 radical (unpaired) electrons. The molecule has 0 amide bonds. The van der Waals surface area contributed by atoms with Crippen LogP contribution in [0, 0.1) is 20.2 Å². The van der Waals surface area contributed by atoms with Gasteiger partial charge in [0.2, 0.25) is 0 Å². The van der Waals surface area contributed by atoms with Crippen LogP contribution in [-0.4, -0.2) is 67.5 Å². The number of ketones is 1. The smallest absolute Gasteiger partial charge is 0.368 e. The van der Waals surface area contributed by atoms with E-state index in [2.05, 4.69) is 5.32 Å². The number of rotatable bonds is 9. The molecule has 24 heavy (non-hydrogen) atoms. The second kappa shape index (κ2) is 8.26. The van der Waals surface area contributed by atoms with Gasteiger partial charge in [-0.3, -0.25) is 25.0 Å². The highest BCUT2D eigenvalue weighted by Crippen LogP contribution is 2.34. The molecule has 0 unspecified atom stereocenters. The van der Waals surface area contributed by atoms with E-state index in [1.165, 1.54) is 0 Å². The Morgan fingerprint density at radius 3 is 2.21 bits per heavy atom. The number of Topliss-reactive ketones (excluding diaryl/α,β-unsaturated/α-hetero) is 1. The summed E-state index contributed by atoms with van der Waals surface area (Å²) >= 11 is 0. The summed E-state index contributed by atoms with van der Waals surface area (Å²) in [6.07, 6.45) is -3.87.